The minimum atomic E-state index is -4.65. The number of hydrogen-bond acceptors (Lipinski definition) is 6. The highest BCUT2D eigenvalue weighted by Crippen LogP contribution is 2.35. The Balaban J connectivity index is 1.40. The second kappa shape index (κ2) is 10.3. The first-order valence-electron chi connectivity index (χ1n) is 10.4. The standard InChI is InChI=1S/C23H21F2N4O5P/c24-17-7-8-20(25)21(11-17)27-13-16-5-3-15(4-6-16)10-18-12-22(34-28-18)19-2-1-9-29(23(19)26)14-33-35(30,31)32/h1-9,11-12,26-27H,10,13-14H2,(H2,30,31,32)/p+1. The van der Waals surface area contributed by atoms with Crippen molar-refractivity contribution in [1.82, 2.24) is 5.16 Å². The van der Waals surface area contributed by atoms with Gasteiger partial charge in [0, 0.05) is 19.0 Å². The van der Waals surface area contributed by atoms with Crippen LogP contribution in [-0.2, 0) is 28.8 Å². The van der Waals surface area contributed by atoms with Crippen molar-refractivity contribution in [2.24, 2.45) is 0 Å². The Morgan fingerprint density at radius 3 is 2.57 bits per heavy atom. The molecule has 0 amide bonds. The van der Waals surface area contributed by atoms with E-state index in [1.165, 1.54) is 10.8 Å². The molecule has 0 fully saturated rings. The number of anilines is 2. The third kappa shape index (κ3) is 6.49. The molecule has 0 spiro atoms. The Hall–Kier alpha value is -3.63. The lowest BCUT2D eigenvalue weighted by atomic mass is 10.1. The van der Waals surface area contributed by atoms with Gasteiger partial charge in [-0.25, -0.2) is 22.4 Å². The van der Waals surface area contributed by atoms with Gasteiger partial charge in [-0.3, -0.25) is 5.73 Å². The molecule has 12 heteroatoms. The minimum absolute atomic E-state index is 0.0963. The molecule has 0 unspecified atom stereocenters. The molecule has 182 valence electrons. The zero-order valence-electron chi connectivity index (χ0n) is 18.3. The van der Waals surface area contributed by atoms with Gasteiger partial charge >= 0.3 is 7.82 Å². The number of nitrogen functional groups attached to an aromatic ring is 1. The lowest BCUT2D eigenvalue weighted by Gasteiger charge is -2.08. The van der Waals surface area contributed by atoms with E-state index in [2.05, 4.69) is 15.0 Å². The van der Waals surface area contributed by atoms with E-state index in [1.807, 2.05) is 24.3 Å². The lowest BCUT2D eigenvalue weighted by Crippen LogP contribution is -2.38. The number of nitrogens with two attached hydrogens (primary N) is 1. The molecular weight excluding hydrogens is 481 g/mol. The van der Waals surface area contributed by atoms with E-state index in [0.717, 1.165) is 29.3 Å². The fourth-order valence-electron chi connectivity index (χ4n) is 3.36. The van der Waals surface area contributed by atoms with Gasteiger partial charge in [-0.1, -0.05) is 29.4 Å². The molecule has 5 N–H and O–H groups in total. The number of rotatable bonds is 9. The number of phosphoric ester groups is 1. The quantitative estimate of drug-likeness (QED) is 0.200. The van der Waals surface area contributed by atoms with Crippen LogP contribution in [0, 0.1) is 11.6 Å². The zero-order valence-corrected chi connectivity index (χ0v) is 19.2. The maximum absolute atomic E-state index is 13.7. The summed E-state index contributed by atoms with van der Waals surface area (Å²) in [6.07, 6.45) is 1.99. The zero-order chi connectivity index (χ0) is 25.0. The highest BCUT2D eigenvalue weighted by molar-refractivity contribution is 7.46. The van der Waals surface area contributed by atoms with Gasteiger partial charge < -0.3 is 19.6 Å². The van der Waals surface area contributed by atoms with E-state index in [0.29, 0.717) is 30.0 Å². The first kappa shape index (κ1) is 24.5. The van der Waals surface area contributed by atoms with E-state index in [4.69, 9.17) is 20.0 Å². The van der Waals surface area contributed by atoms with E-state index >= 15 is 0 Å². The van der Waals surface area contributed by atoms with Crippen LogP contribution in [0.4, 0.5) is 20.3 Å². The number of phosphoric acid groups is 1. The van der Waals surface area contributed by atoms with E-state index < -0.39 is 26.2 Å². The summed E-state index contributed by atoms with van der Waals surface area (Å²) in [7, 11) is -4.65. The van der Waals surface area contributed by atoms with Crippen LogP contribution in [0.5, 0.6) is 0 Å². The summed E-state index contributed by atoms with van der Waals surface area (Å²) in [6, 6.07) is 15.9. The number of halogens is 2. The van der Waals surface area contributed by atoms with Crippen molar-refractivity contribution >= 4 is 19.3 Å². The van der Waals surface area contributed by atoms with Crippen LogP contribution in [0.25, 0.3) is 11.3 Å². The van der Waals surface area contributed by atoms with Crippen molar-refractivity contribution in [3.8, 4) is 11.3 Å². The maximum Gasteiger partial charge on any atom is 0.472 e. The van der Waals surface area contributed by atoms with Crippen LogP contribution in [0.3, 0.4) is 0 Å². The topological polar surface area (TPSA) is 135 Å². The summed E-state index contributed by atoms with van der Waals surface area (Å²) < 4.78 is 49.3. The van der Waals surface area contributed by atoms with Crippen molar-refractivity contribution in [3.63, 3.8) is 0 Å². The molecule has 0 saturated heterocycles. The smallest absolute Gasteiger partial charge is 0.379 e. The molecule has 2 heterocycles. The van der Waals surface area contributed by atoms with Crippen molar-refractivity contribution in [3.05, 3.63) is 95.3 Å². The van der Waals surface area contributed by atoms with Crippen molar-refractivity contribution in [2.75, 3.05) is 11.1 Å². The van der Waals surface area contributed by atoms with Crippen molar-refractivity contribution in [1.29, 1.82) is 0 Å². The highest BCUT2D eigenvalue weighted by Gasteiger charge is 2.20. The first-order chi connectivity index (χ1) is 16.7. The monoisotopic (exact) mass is 503 g/mol. The molecule has 2 aromatic heterocycles. The number of aromatic nitrogens is 2. The normalized spacial score (nSPS) is 11.5. The summed E-state index contributed by atoms with van der Waals surface area (Å²) in [4.78, 5) is 17.8. The molecular formula is C23H22F2N4O5P+. The van der Waals surface area contributed by atoms with Crippen molar-refractivity contribution < 1.29 is 36.7 Å². The van der Waals surface area contributed by atoms with E-state index in [-0.39, 0.29) is 11.5 Å². The molecule has 0 saturated carbocycles. The van der Waals surface area contributed by atoms with Gasteiger partial charge in [0.15, 0.2) is 5.76 Å². The Bertz CT molecular complexity index is 1370. The minimum Gasteiger partial charge on any atom is -0.379 e. The van der Waals surface area contributed by atoms with Crippen LogP contribution in [0.1, 0.15) is 16.8 Å². The van der Waals surface area contributed by atoms with Crippen LogP contribution >= 0.6 is 7.82 Å². The fourth-order valence-corrected chi connectivity index (χ4v) is 3.63. The van der Waals surface area contributed by atoms with Crippen LogP contribution < -0.4 is 15.6 Å². The van der Waals surface area contributed by atoms with E-state index in [9.17, 15) is 13.3 Å². The molecule has 4 rings (SSSR count). The number of pyridine rings is 1. The third-order valence-electron chi connectivity index (χ3n) is 5.12. The predicted molar refractivity (Wildman–Crippen MR) is 123 cm³/mol. The number of nitrogens with one attached hydrogen (secondary N) is 1. The first-order valence-corrected chi connectivity index (χ1v) is 11.9. The highest BCUT2D eigenvalue weighted by atomic mass is 31.2. The fraction of sp³-hybridized carbons (Fsp3) is 0.130. The number of benzene rings is 2. The summed E-state index contributed by atoms with van der Waals surface area (Å²) >= 11 is 0. The van der Waals surface area contributed by atoms with Crippen LogP contribution in [0.15, 0.2) is 71.4 Å². The summed E-state index contributed by atoms with van der Waals surface area (Å²) in [5, 5.41) is 6.95. The second-order valence-corrected chi connectivity index (χ2v) is 8.92. The Labute approximate surface area is 199 Å². The van der Waals surface area contributed by atoms with Gasteiger partial charge in [-0.15, -0.1) is 0 Å². The molecule has 35 heavy (non-hydrogen) atoms. The summed E-state index contributed by atoms with van der Waals surface area (Å²) in [5.41, 5.74) is 9.18. The van der Waals surface area contributed by atoms with Gasteiger partial charge in [0.25, 0.3) is 5.82 Å². The maximum atomic E-state index is 13.7. The molecule has 0 aliphatic heterocycles. The molecule has 0 aliphatic rings. The van der Waals surface area contributed by atoms with Gasteiger partial charge in [-0.05, 0) is 41.5 Å². The summed E-state index contributed by atoms with van der Waals surface area (Å²) in [5.74, 6) is -0.460. The molecule has 9 nitrogen and oxygen atoms in total. The molecule has 4 aromatic rings. The molecule has 0 bridgehead atoms. The van der Waals surface area contributed by atoms with Gasteiger partial charge in [-0.2, -0.15) is 0 Å². The second-order valence-electron chi connectivity index (χ2n) is 7.68. The van der Waals surface area contributed by atoms with E-state index in [1.54, 1.807) is 18.2 Å². The lowest BCUT2D eigenvalue weighted by molar-refractivity contribution is -0.711. The SMILES string of the molecule is Nc1c(-c2cc(Cc3ccc(CNc4cc(F)ccc4F)cc3)no2)ccc[n+]1COP(=O)(O)O. The average molecular weight is 503 g/mol. The predicted octanol–water partition coefficient (Wildman–Crippen LogP) is 3.76. The summed E-state index contributed by atoms with van der Waals surface area (Å²) in [6.45, 7) is -0.105. The van der Waals surface area contributed by atoms with Gasteiger partial charge in [0.05, 0.1) is 17.6 Å². The molecule has 2 aromatic carbocycles. The molecule has 0 aliphatic carbocycles. The van der Waals surface area contributed by atoms with Gasteiger partial charge in [0.2, 0.25) is 6.73 Å². The van der Waals surface area contributed by atoms with Crippen molar-refractivity contribution in [2.45, 2.75) is 19.7 Å². The average Bonchev–Trinajstić information content (AvgIpc) is 3.27. The number of nitrogens with zero attached hydrogens (tertiary/aromatic N) is 2. The molecule has 0 radical (unpaired) electrons. The number of hydrogen-bond donors (Lipinski definition) is 4. The third-order valence-corrected chi connectivity index (χ3v) is 5.58. The van der Waals surface area contributed by atoms with Crippen LogP contribution in [-0.4, -0.2) is 14.9 Å². The van der Waals surface area contributed by atoms with Crippen LogP contribution in [0.2, 0.25) is 0 Å². The Kier molecular flexibility index (Phi) is 7.23. The molecule has 0 atom stereocenters. The Morgan fingerprint density at radius 2 is 1.83 bits per heavy atom. The Morgan fingerprint density at radius 1 is 1.09 bits per heavy atom. The van der Waals surface area contributed by atoms with Gasteiger partial charge in [0.1, 0.15) is 17.2 Å². The largest absolute Gasteiger partial charge is 0.472 e.